The summed E-state index contributed by atoms with van der Waals surface area (Å²) < 4.78 is 9.47. The van der Waals surface area contributed by atoms with E-state index in [1.807, 2.05) is 0 Å². The van der Waals surface area contributed by atoms with Gasteiger partial charge in [-0.3, -0.25) is 10.1 Å². The zero-order valence-electron chi connectivity index (χ0n) is 9.23. The van der Waals surface area contributed by atoms with Crippen LogP contribution in [0.25, 0.3) is 0 Å². The second kappa shape index (κ2) is 5.62. The number of ether oxygens (including phenoxy) is 2. The van der Waals surface area contributed by atoms with Crippen LogP contribution in [0.2, 0.25) is 0 Å². The number of rotatable bonds is 4. The molecule has 0 aromatic heterocycles. The molecule has 0 saturated heterocycles. The Bertz CT molecular complexity index is 460. The Balaban J connectivity index is 3.43. The molecule has 0 aliphatic carbocycles. The number of nitrogens with zero attached hydrogens (tertiary/aromatic N) is 1. The van der Waals surface area contributed by atoms with Gasteiger partial charge in [0.1, 0.15) is 0 Å². The Hall–Kier alpha value is -1.63. The molecule has 92 valence electrons. The second-order valence-corrected chi connectivity index (χ2v) is 3.62. The van der Waals surface area contributed by atoms with E-state index in [9.17, 15) is 14.9 Å². The first-order valence-corrected chi connectivity index (χ1v) is 5.66. The Morgan fingerprint density at radius 1 is 1.47 bits per heavy atom. The molecule has 0 atom stereocenters. The number of hydrogen-bond donors (Lipinski definition) is 0. The van der Waals surface area contributed by atoms with Crippen LogP contribution in [0.4, 0.5) is 5.69 Å². The van der Waals surface area contributed by atoms with Gasteiger partial charge in [0, 0.05) is 17.5 Å². The van der Waals surface area contributed by atoms with Crippen molar-refractivity contribution in [2.75, 3.05) is 14.2 Å². The monoisotopic (exact) mass is 303 g/mol. The molecule has 1 aromatic carbocycles. The molecule has 0 unspecified atom stereocenters. The minimum atomic E-state index is -0.563. The maximum Gasteiger partial charge on any atom is 0.338 e. The third-order valence-corrected chi connectivity index (χ3v) is 2.75. The van der Waals surface area contributed by atoms with E-state index >= 15 is 0 Å². The number of hydrogen-bond acceptors (Lipinski definition) is 5. The van der Waals surface area contributed by atoms with Crippen molar-refractivity contribution >= 4 is 27.6 Å². The summed E-state index contributed by atoms with van der Waals surface area (Å²) in [5.41, 5.74) is 0.533. The predicted molar refractivity (Wildman–Crippen MR) is 63.6 cm³/mol. The first-order valence-electron chi connectivity index (χ1n) is 4.54. The van der Waals surface area contributed by atoms with E-state index < -0.39 is 10.9 Å². The lowest BCUT2D eigenvalue weighted by Crippen LogP contribution is -2.07. The molecule has 1 aromatic rings. The van der Waals surface area contributed by atoms with Gasteiger partial charge in [0.15, 0.2) is 5.75 Å². The van der Waals surface area contributed by atoms with Crippen molar-refractivity contribution in [3.05, 3.63) is 33.4 Å². The third-order valence-electron chi connectivity index (χ3n) is 2.15. The summed E-state index contributed by atoms with van der Waals surface area (Å²) in [6.45, 7) is 0. The highest BCUT2D eigenvalue weighted by Crippen LogP contribution is 2.31. The maximum atomic E-state index is 11.5. The number of carbonyl (C=O) groups is 1. The highest BCUT2D eigenvalue weighted by Gasteiger charge is 2.22. The van der Waals surface area contributed by atoms with Gasteiger partial charge in [-0.2, -0.15) is 0 Å². The SMILES string of the molecule is COC(=O)c1cc(OC)c([N+](=O)[O-])cc1CBr. The topological polar surface area (TPSA) is 78.7 Å². The first-order chi connectivity index (χ1) is 8.04. The molecular formula is C10H10BrNO5. The molecule has 0 spiro atoms. The lowest BCUT2D eigenvalue weighted by atomic mass is 10.1. The van der Waals surface area contributed by atoms with E-state index in [1.54, 1.807) is 0 Å². The second-order valence-electron chi connectivity index (χ2n) is 3.06. The zero-order valence-corrected chi connectivity index (χ0v) is 10.8. The molecule has 0 fully saturated rings. The summed E-state index contributed by atoms with van der Waals surface area (Å²) in [5, 5.41) is 11.1. The van der Waals surface area contributed by atoms with Crippen LogP contribution in [-0.4, -0.2) is 25.1 Å². The summed E-state index contributed by atoms with van der Waals surface area (Å²) in [7, 11) is 2.55. The quantitative estimate of drug-likeness (QED) is 0.369. The highest BCUT2D eigenvalue weighted by molar-refractivity contribution is 9.08. The molecule has 1 rings (SSSR count). The molecule has 0 bridgehead atoms. The summed E-state index contributed by atoms with van der Waals surface area (Å²) in [5.74, 6) is -0.534. The van der Waals surface area contributed by atoms with E-state index in [0.29, 0.717) is 10.9 Å². The molecular weight excluding hydrogens is 294 g/mol. The fourth-order valence-corrected chi connectivity index (χ4v) is 1.79. The van der Waals surface area contributed by atoms with E-state index in [2.05, 4.69) is 20.7 Å². The molecule has 0 amide bonds. The number of benzene rings is 1. The largest absolute Gasteiger partial charge is 0.490 e. The standard InChI is InChI=1S/C10H10BrNO5/c1-16-9-4-7(10(13)17-2)6(5-11)3-8(9)12(14)15/h3-4H,5H2,1-2H3. The van der Waals surface area contributed by atoms with E-state index in [1.165, 1.54) is 26.4 Å². The van der Waals surface area contributed by atoms with Gasteiger partial charge in [0.25, 0.3) is 0 Å². The molecule has 0 aliphatic rings. The van der Waals surface area contributed by atoms with E-state index in [4.69, 9.17) is 4.74 Å². The number of nitro benzene ring substituents is 1. The van der Waals surface area contributed by atoms with E-state index in [0.717, 1.165) is 0 Å². The molecule has 0 radical (unpaired) electrons. The number of alkyl halides is 1. The molecule has 17 heavy (non-hydrogen) atoms. The third kappa shape index (κ3) is 2.73. The lowest BCUT2D eigenvalue weighted by molar-refractivity contribution is -0.385. The average Bonchev–Trinajstić information content (AvgIpc) is 2.35. The van der Waals surface area contributed by atoms with Gasteiger partial charge in [-0.25, -0.2) is 4.79 Å². The summed E-state index contributed by atoms with van der Waals surface area (Å²) in [4.78, 5) is 21.7. The van der Waals surface area contributed by atoms with Crippen LogP contribution >= 0.6 is 15.9 Å². The number of methoxy groups -OCH3 is 2. The summed E-state index contributed by atoms with van der Waals surface area (Å²) in [6, 6.07) is 2.60. The van der Waals surface area contributed by atoms with Crippen molar-refractivity contribution in [2.45, 2.75) is 5.33 Å². The Labute approximate surface area is 106 Å². The zero-order chi connectivity index (χ0) is 13.0. The number of nitro groups is 1. The van der Waals surface area contributed by atoms with Crippen molar-refractivity contribution in [1.29, 1.82) is 0 Å². The average molecular weight is 304 g/mol. The Morgan fingerprint density at radius 3 is 2.53 bits per heavy atom. The van der Waals surface area contributed by atoms with Gasteiger partial charge >= 0.3 is 11.7 Å². The van der Waals surface area contributed by atoms with Crippen LogP contribution in [0.5, 0.6) is 5.75 Å². The van der Waals surface area contributed by atoms with E-state index in [-0.39, 0.29) is 17.0 Å². The van der Waals surface area contributed by atoms with Gasteiger partial charge in [0.2, 0.25) is 0 Å². The number of carbonyl (C=O) groups excluding carboxylic acids is 1. The van der Waals surface area contributed by atoms with Crippen molar-refractivity contribution in [2.24, 2.45) is 0 Å². The number of halogens is 1. The molecule has 0 heterocycles. The van der Waals surface area contributed by atoms with Gasteiger partial charge in [-0.15, -0.1) is 0 Å². The minimum absolute atomic E-state index is 0.0279. The molecule has 0 saturated carbocycles. The Kier molecular flexibility index (Phi) is 4.45. The fourth-order valence-electron chi connectivity index (χ4n) is 1.33. The number of esters is 1. The lowest BCUT2D eigenvalue weighted by Gasteiger charge is -2.08. The summed E-state index contributed by atoms with van der Waals surface area (Å²) in [6.07, 6.45) is 0. The fraction of sp³-hybridized carbons (Fsp3) is 0.300. The van der Waals surface area contributed by atoms with Crippen molar-refractivity contribution in [3.63, 3.8) is 0 Å². The van der Waals surface area contributed by atoms with Gasteiger partial charge in [-0.05, 0) is 5.56 Å². The van der Waals surface area contributed by atoms with Crippen LogP contribution in [0.15, 0.2) is 12.1 Å². The van der Waals surface area contributed by atoms with Gasteiger partial charge in [0.05, 0.1) is 24.7 Å². The minimum Gasteiger partial charge on any atom is -0.490 e. The highest BCUT2D eigenvalue weighted by atomic mass is 79.9. The predicted octanol–water partition coefficient (Wildman–Crippen LogP) is 2.28. The van der Waals surface area contributed by atoms with Crippen molar-refractivity contribution in [1.82, 2.24) is 0 Å². The summed E-state index contributed by atoms with van der Waals surface area (Å²) >= 11 is 3.16. The van der Waals surface area contributed by atoms with Crippen LogP contribution in [0, 0.1) is 10.1 Å². The van der Waals surface area contributed by atoms with Crippen LogP contribution in [0.3, 0.4) is 0 Å². The first kappa shape index (κ1) is 13.4. The maximum absolute atomic E-state index is 11.5. The van der Waals surface area contributed by atoms with Crippen molar-refractivity contribution < 1.29 is 19.2 Å². The van der Waals surface area contributed by atoms with Crippen LogP contribution in [0.1, 0.15) is 15.9 Å². The molecule has 0 N–H and O–H groups in total. The van der Waals surface area contributed by atoms with Gasteiger partial charge in [-0.1, -0.05) is 15.9 Å². The van der Waals surface area contributed by atoms with Gasteiger partial charge < -0.3 is 9.47 Å². The van der Waals surface area contributed by atoms with Crippen molar-refractivity contribution in [3.8, 4) is 5.75 Å². The smallest absolute Gasteiger partial charge is 0.338 e. The molecule has 6 nitrogen and oxygen atoms in total. The normalized spacial score (nSPS) is 9.82. The molecule has 0 aliphatic heterocycles. The van der Waals surface area contributed by atoms with Crippen LogP contribution < -0.4 is 4.74 Å². The van der Waals surface area contributed by atoms with Crippen LogP contribution in [-0.2, 0) is 10.1 Å². The molecule has 7 heteroatoms. The Morgan fingerprint density at radius 2 is 2.12 bits per heavy atom.